The Morgan fingerprint density at radius 1 is 1.32 bits per heavy atom. The maximum Gasteiger partial charge on any atom is 0.350 e. The molecule has 1 heterocycles. The van der Waals surface area contributed by atoms with Crippen LogP contribution in [-0.4, -0.2) is 23.1 Å². The van der Waals surface area contributed by atoms with Gasteiger partial charge in [-0.15, -0.1) is 0 Å². The van der Waals surface area contributed by atoms with Crippen molar-refractivity contribution in [2.24, 2.45) is 4.99 Å². The molecule has 0 atom stereocenters. The number of nitrogens with zero attached hydrogens (tertiary/aromatic N) is 3. The van der Waals surface area contributed by atoms with Crippen LogP contribution in [0.3, 0.4) is 0 Å². The van der Waals surface area contributed by atoms with Gasteiger partial charge in [-0.3, -0.25) is 4.79 Å². The van der Waals surface area contributed by atoms with E-state index >= 15 is 0 Å². The fourth-order valence-electron chi connectivity index (χ4n) is 2.38. The summed E-state index contributed by atoms with van der Waals surface area (Å²) in [6.45, 7) is 7.76. The number of hydrogen-bond donors (Lipinski definition) is 0. The van der Waals surface area contributed by atoms with E-state index in [1.807, 2.05) is 31.4 Å². The summed E-state index contributed by atoms with van der Waals surface area (Å²) in [5.74, 6) is -0.831. The van der Waals surface area contributed by atoms with E-state index in [4.69, 9.17) is 10.00 Å². The molecule has 25 heavy (non-hydrogen) atoms. The van der Waals surface area contributed by atoms with Gasteiger partial charge >= 0.3 is 5.97 Å². The Morgan fingerprint density at radius 3 is 2.48 bits per heavy atom. The van der Waals surface area contributed by atoms with Gasteiger partial charge in [-0.25, -0.2) is 4.79 Å². The zero-order chi connectivity index (χ0) is 18.6. The number of carbonyl (C=O) groups excluding carboxylic acids is 2. The van der Waals surface area contributed by atoms with Gasteiger partial charge in [0.25, 0.3) is 5.91 Å². The van der Waals surface area contributed by atoms with Gasteiger partial charge < -0.3 is 9.30 Å². The third-order valence-corrected chi connectivity index (χ3v) is 4.66. The minimum absolute atomic E-state index is 0.0342. The third kappa shape index (κ3) is 4.03. The van der Waals surface area contributed by atoms with Crippen LogP contribution in [0.15, 0.2) is 29.3 Å². The number of benzene rings is 1. The zero-order valence-corrected chi connectivity index (χ0v) is 15.4. The summed E-state index contributed by atoms with van der Waals surface area (Å²) in [5.41, 5.74) is 1.59. The minimum atomic E-state index is -0.421. The summed E-state index contributed by atoms with van der Waals surface area (Å²) >= 11 is 1.14. The van der Waals surface area contributed by atoms with Crippen LogP contribution in [0.4, 0.5) is 0 Å². The summed E-state index contributed by atoms with van der Waals surface area (Å²) < 4.78 is 6.92. The zero-order valence-electron chi connectivity index (χ0n) is 14.6. The molecule has 1 amide bonds. The number of hydrogen-bond acceptors (Lipinski definition) is 5. The number of ether oxygens (including phenoxy) is 1. The molecule has 2 rings (SSSR count). The maximum absolute atomic E-state index is 12.4. The second kappa shape index (κ2) is 7.90. The van der Waals surface area contributed by atoms with Crippen molar-refractivity contribution >= 4 is 23.2 Å². The Bertz CT molecular complexity index is 899. The molecule has 0 radical (unpaired) electrons. The molecule has 130 valence electrons. The topological polar surface area (TPSA) is 84.4 Å². The highest BCUT2D eigenvalue weighted by Crippen LogP contribution is 2.17. The Morgan fingerprint density at radius 2 is 1.96 bits per heavy atom. The number of nitriles is 1. The molecular formula is C18H19N3O3S. The van der Waals surface area contributed by atoms with E-state index in [9.17, 15) is 9.59 Å². The van der Waals surface area contributed by atoms with Crippen LogP contribution in [0.2, 0.25) is 0 Å². The van der Waals surface area contributed by atoms with Crippen molar-refractivity contribution in [3.8, 4) is 6.07 Å². The molecule has 0 bridgehead atoms. The van der Waals surface area contributed by atoms with E-state index in [0.29, 0.717) is 20.8 Å². The molecule has 1 aromatic heterocycles. The molecule has 0 N–H and O–H groups in total. The molecule has 7 heteroatoms. The summed E-state index contributed by atoms with van der Waals surface area (Å²) in [6, 6.07) is 8.32. The lowest BCUT2D eigenvalue weighted by Gasteiger charge is -2.10. The van der Waals surface area contributed by atoms with Gasteiger partial charge in [-0.05, 0) is 52.0 Å². The van der Waals surface area contributed by atoms with Gasteiger partial charge in [-0.1, -0.05) is 11.3 Å². The molecule has 0 saturated heterocycles. The fourth-order valence-corrected chi connectivity index (χ4v) is 3.52. The molecule has 2 aromatic rings. The Balaban J connectivity index is 2.50. The first-order valence-electron chi connectivity index (χ1n) is 7.87. The van der Waals surface area contributed by atoms with Crippen LogP contribution >= 0.6 is 11.3 Å². The monoisotopic (exact) mass is 357 g/mol. The Kier molecular flexibility index (Phi) is 5.88. The van der Waals surface area contributed by atoms with E-state index in [1.165, 1.54) is 0 Å². The first kappa shape index (κ1) is 18.6. The van der Waals surface area contributed by atoms with Crippen LogP contribution < -0.4 is 4.80 Å². The van der Waals surface area contributed by atoms with E-state index in [2.05, 4.69) is 4.99 Å². The van der Waals surface area contributed by atoms with Crippen LogP contribution in [0.5, 0.6) is 0 Å². The predicted octanol–water partition coefficient (Wildman–Crippen LogP) is 3.23. The number of thiazole rings is 1. The van der Waals surface area contributed by atoms with E-state index in [-0.39, 0.29) is 12.6 Å². The van der Waals surface area contributed by atoms with Crippen molar-refractivity contribution in [1.82, 2.24) is 4.57 Å². The average Bonchev–Trinajstić information content (AvgIpc) is 2.91. The van der Waals surface area contributed by atoms with Crippen molar-refractivity contribution in [1.29, 1.82) is 5.26 Å². The first-order chi connectivity index (χ1) is 11.9. The fraction of sp³-hybridized carbons (Fsp3) is 0.333. The summed E-state index contributed by atoms with van der Waals surface area (Å²) in [4.78, 5) is 29.6. The largest absolute Gasteiger partial charge is 0.462 e. The molecule has 0 aliphatic rings. The number of rotatable bonds is 4. The van der Waals surface area contributed by atoms with Gasteiger partial charge in [0, 0.05) is 17.3 Å². The van der Waals surface area contributed by atoms with Crippen molar-refractivity contribution < 1.29 is 14.3 Å². The number of esters is 1. The maximum atomic E-state index is 12.4. The van der Waals surface area contributed by atoms with E-state index in [0.717, 1.165) is 17.0 Å². The number of amides is 1. The van der Waals surface area contributed by atoms with Gasteiger partial charge in [0.05, 0.1) is 18.2 Å². The van der Waals surface area contributed by atoms with Crippen LogP contribution in [0.1, 0.15) is 58.1 Å². The summed E-state index contributed by atoms with van der Waals surface area (Å²) in [7, 11) is 0. The predicted molar refractivity (Wildman–Crippen MR) is 94.4 cm³/mol. The highest BCUT2D eigenvalue weighted by Gasteiger charge is 2.19. The molecule has 0 spiro atoms. The Hall–Kier alpha value is -2.72. The van der Waals surface area contributed by atoms with E-state index < -0.39 is 11.9 Å². The van der Waals surface area contributed by atoms with Gasteiger partial charge in [0.1, 0.15) is 4.88 Å². The second-order valence-corrected chi connectivity index (χ2v) is 6.57. The smallest absolute Gasteiger partial charge is 0.350 e. The van der Waals surface area contributed by atoms with E-state index in [1.54, 1.807) is 31.2 Å². The number of carbonyl (C=O) groups is 2. The van der Waals surface area contributed by atoms with Gasteiger partial charge in [0.2, 0.25) is 0 Å². The summed E-state index contributed by atoms with van der Waals surface area (Å²) in [6.07, 6.45) is 0. The normalized spacial score (nSPS) is 11.4. The quantitative estimate of drug-likeness (QED) is 0.786. The van der Waals surface area contributed by atoms with Gasteiger partial charge in [0.15, 0.2) is 4.80 Å². The lowest BCUT2D eigenvalue weighted by molar-refractivity contribution is 0.0530. The minimum Gasteiger partial charge on any atom is -0.462 e. The SMILES string of the molecule is CCOC(=O)c1sc(=NC(=O)c2ccc(C#N)cc2)n(C(C)C)c1C. The van der Waals surface area contributed by atoms with Crippen LogP contribution in [-0.2, 0) is 4.74 Å². The molecule has 1 aromatic carbocycles. The lowest BCUT2D eigenvalue weighted by Crippen LogP contribution is -2.20. The van der Waals surface area contributed by atoms with Crippen molar-refractivity contribution in [2.75, 3.05) is 6.61 Å². The summed E-state index contributed by atoms with van der Waals surface area (Å²) in [5, 5.41) is 8.82. The van der Waals surface area contributed by atoms with Crippen molar-refractivity contribution in [3.63, 3.8) is 0 Å². The molecule has 0 aliphatic carbocycles. The Labute approximate surface area is 150 Å². The lowest BCUT2D eigenvalue weighted by atomic mass is 10.1. The third-order valence-electron chi connectivity index (χ3n) is 3.52. The molecule has 6 nitrogen and oxygen atoms in total. The van der Waals surface area contributed by atoms with Crippen LogP contribution in [0, 0.1) is 18.3 Å². The molecular weight excluding hydrogens is 338 g/mol. The number of aromatic nitrogens is 1. The van der Waals surface area contributed by atoms with Crippen molar-refractivity contribution in [3.05, 3.63) is 50.8 Å². The van der Waals surface area contributed by atoms with Crippen molar-refractivity contribution in [2.45, 2.75) is 33.7 Å². The molecule has 0 aliphatic heterocycles. The van der Waals surface area contributed by atoms with Gasteiger partial charge in [-0.2, -0.15) is 10.3 Å². The average molecular weight is 357 g/mol. The molecule has 0 fully saturated rings. The highest BCUT2D eigenvalue weighted by atomic mass is 32.1. The standard InChI is InChI=1S/C18H19N3O3S/c1-5-24-17(23)15-12(4)21(11(2)3)18(25-15)20-16(22)14-8-6-13(10-19)7-9-14/h6-9,11H,5H2,1-4H3. The highest BCUT2D eigenvalue weighted by molar-refractivity contribution is 7.11. The van der Waals surface area contributed by atoms with Crippen LogP contribution in [0.25, 0.3) is 0 Å². The second-order valence-electron chi connectivity index (χ2n) is 5.59. The molecule has 0 unspecified atom stereocenters. The first-order valence-corrected chi connectivity index (χ1v) is 8.69. The molecule has 0 saturated carbocycles.